The number of para-hydroxylation sites is 1. The van der Waals surface area contributed by atoms with Crippen molar-refractivity contribution in [1.29, 1.82) is 0 Å². The van der Waals surface area contributed by atoms with Gasteiger partial charge in [-0.25, -0.2) is 4.39 Å². The first-order valence-electron chi connectivity index (χ1n) is 7.19. The molecule has 1 aliphatic rings. The van der Waals surface area contributed by atoms with E-state index in [-0.39, 0.29) is 5.82 Å². The molecule has 0 N–H and O–H groups in total. The van der Waals surface area contributed by atoms with Crippen molar-refractivity contribution in [2.45, 2.75) is 6.54 Å². The van der Waals surface area contributed by atoms with E-state index in [1.807, 2.05) is 30.3 Å². The summed E-state index contributed by atoms with van der Waals surface area (Å²) in [4.78, 5) is 4.58. The Kier molecular flexibility index (Phi) is 4.42. The normalized spacial score (nSPS) is 16.2. The molecule has 0 saturated carbocycles. The summed E-state index contributed by atoms with van der Waals surface area (Å²) in [6.07, 6.45) is 0. The first kappa shape index (κ1) is 14.4. The second kappa shape index (κ2) is 6.46. The topological polar surface area (TPSA) is 6.48 Å². The van der Waals surface area contributed by atoms with Crippen molar-refractivity contribution in [3.8, 4) is 0 Å². The quantitative estimate of drug-likeness (QED) is 0.851. The van der Waals surface area contributed by atoms with Gasteiger partial charge in [-0.05, 0) is 18.2 Å². The molecule has 2 aromatic carbocycles. The smallest absolute Gasteiger partial charge is 0.127 e. The first-order valence-corrected chi connectivity index (χ1v) is 7.57. The SMILES string of the molecule is Fc1ccccc1CN1CCN(c2ccccc2Cl)CC1. The number of hydrogen-bond donors (Lipinski definition) is 0. The molecular weight excluding hydrogens is 287 g/mol. The second-order valence-electron chi connectivity index (χ2n) is 5.31. The number of nitrogens with zero attached hydrogens (tertiary/aromatic N) is 2. The Morgan fingerprint density at radius 3 is 2.29 bits per heavy atom. The minimum Gasteiger partial charge on any atom is -0.368 e. The third-order valence-electron chi connectivity index (χ3n) is 3.92. The number of anilines is 1. The maximum absolute atomic E-state index is 13.7. The van der Waals surface area contributed by atoms with Crippen LogP contribution < -0.4 is 4.90 Å². The van der Waals surface area contributed by atoms with E-state index in [1.165, 1.54) is 6.07 Å². The van der Waals surface area contributed by atoms with Crippen LogP contribution in [-0.4, -0.2) is 31.1 Å². The number of benzene rings is 2. The van der Waals surface area contributed by atoms with E-state index in [1.54, 1.807) is 6.07 Å². The molecule has 2 aromatic rings. The second-order valence-corrected chi connectivity index (χ2v) is 5.71. The summed E-state index contributed by atoms with van der Waals surface area (Å²) >= 11 is 6.24. The molecule has 0 bridgehead atoms. The van der Waals surface area contributed by atoms with Gasteiger partial charge in [0.1, 0.15) is 5.82 Å². The van der Waals surface area contributed by atoms with Crippen molar-refractivity contribution in [2.24, 2.45) is 0 Å². The van der Waals surface area contributed by atoms with Crippen molar-refractivity contribution < 1.29 is 4.39 Å². The van der Waals surface area contributed by atoms with Crippen molar-refractivity contribution in [2.75, 3.05) is 31.1 Å². The predicted octanol–water partition coefficient (Wildman–Crippen LogP) is 3.80. The van der Waals surface area contributed by atoms with Gasteiger partial charge < -0.3 is 4.90 Å². The molecule has 21 heavy (non-hydrogen) atoms. The van der Waals surface area contributed by atoms with E-state index < -0.39 is 0 Å². The summed E-state index contributed by atoms with van der Waals surface area (Å²) in [5.41, 5.74) is 1.86. The number of piperazine rings is 1. The fourth-order valence-electron chi connectivity index (χ4n) is 2.72. The van der Waals surface area contributed by atoms with E-state index in [2.05, 4.69) is 15.9 Å². The largest absolute Gasteiger partial charge is 0.368 e. The number of rotatable bonds is 3. The Balaban J connectivity index is 1.61. The monoisotopic (exact) mass is 304 g/mol. The highest BCUT2D eigenvalue weighted by Crippen LogP contribution is 2.26. The van der Waals surface area contributed by atoms with Gasteiger partial charge in [-0.2, -0.15) is 0 Å². The zero-order chi connectivity index (χ0) is 14.7. The molecule has 0 amide bonds. The zero-order valence-corrected chi connectivity index (χ0v) is 12.6. The molecular formula is C17H18ClFN2. The fraction of sp³-hybridized carbons (Fsp3) is 0.294. The van der Waals surface area contributed by atoms with Crippen molar-refractivity contribution in [3.05, 3.63) is 64.9 Å². The molecule has 2 nitrogen and oxygen atoms in total. The van der Waals surface area contributed by atoms with Gasteiger partial charge in [0.2, 0.25) is 0 Å². The molecule has 0 spiro atoms. The summed E-state index contributed by atoms with van der Waals surface area (Å²) in [6.45, 7) is 4.33. The predicted molar refractivity (Wildman–Crippen MR) is 85.3 cm³/mol. The third kappa shape index (κ3) is 3.36. The third-order valence-corrected chi connectivity index (χ3v) is 4.24. The van der Waals surface area contributed by atoms with E-state index in [4.69, 9.17) is 11.6 Å². The Hall–Kier alpha value is -1.58. The molecule has 0 radical (unpaired) electrons. The van der Waals surface area contributed by atoms with Gasteiger partial charge in [0.15, 0.2) is 0 Å². The Bertz CT molecular complexity index is 609. The van der Waals surface area contributed by atoms with Gasteiger partial charge in [0.25, 0.3) is 0 Å². The van der Waals surface area contributed by atoms with Crippen LogP contribution in [0.2, 0.25) is 5.02 Å². The van der Waals surface area contributed by atoms with Gasteiger partial charge >= 0.3 is 0 Å². The molecule has 0 aliphatic carbocycles. The van der Waals surface area contributed by atoms with Crippen LogP contribution >= 0.6 is 11.6 Å². The lowest BCUT2D eigenvalue weighted by Gasteiger charge is -2.36. The summed E-state index contributed by atoms with van der Waals surface area (Å²) in [7, 11) is 0. The molecule has 1 fully saturated rings. The Labute approximate surface area is 129 Å². The van der Waals surface area contributed by atoms with Gasteiger partial charge in [0, 0.05) is 38.3 Å². The minimum absolute atomic E-state index is 0.119. The lowest BCUT2D eigenvalue weighted by Crippen LogP contribution is -2.46. The summed E-state index contributed by atoms with van der Waals surface area (Å²) in [5.74, 6) is -0.119. The number of halogens is 2. The fourth-order valence-corrected chi connectivity index (χ4v) is 2.98. The van der Waals surface area contributed by atoms with Gasteiger partial charge in [-0.15, -0.1) is 0 Å². The van der Waals surface area contributed by atoms with Crippen molar-refractivity contribution >= 4 is 17.3 Å². The standard InChI is InChI=1S/C17H18ClFN2/c18-15-6-2-4-8-17(15)21-11-9-20(10-12-21)13-14-5-1-3-7-16(14)19/h1-8H,9-13H2. The highest BCUT2D eigenvalue weighted by Gasteiger charge is 2.19. The van der Waals surface area contributed by atoms with Crippen LogP contribution in [0, 0.1) is 5.82 Å². The lowest BCUT2D eigenvalue weighted by atomic mass is 10.1. The molecule has 4 heteroatoms. The van der Waals surface area contributed by atoms with E-state index in [0.29, 0.717) is 6.54 Å². The highest BCUT2D eigenvalue weighted by atomic mass is 35.5. The van der Waals surface area contributed by atoms with E-state index in [9.17, 15) is 4.39 Å². The zero-order valence-electron chi connectivity index (χ0n) is 11.8. The number of hydrogen-bond acceptors (Lipinski definition) is 2. The molecule has 110 valence electrons. The summed E-state index contributed by atoms with van der Waals surface area (Å²) in [5, 5.41) is 0.792. The Morgan fingerprint density at radius 1 is 0.905 bits per heavy atom. The molecule has 0 atom stereocenters. The molecule has 1 saturated heterocycles. The maximum Gasteiger partial charge on any atom is 0.127 e. The maximum atomic E-state index is 13.7. The van der Waals surface area contributed by atoms with Crippen molar-refractivity contribution in [3.63, 3.8) is 0 Å². The van der Waals surface area contributed by atoms with Gasteiger partial charge in [0.05, 0.1) is 10.7 Å². The van der Waals surface area contributed by atoms with Crippen LogP contribution in [0.15, 0.2) is 48.5 Å². The first-order chi connectivity index (χ1) is 10.2. The van der Waals surface area contributed by atoms with Crippen LogP contribution in [-0.2, 0) is 6.54 Å². The van der Waals surface area contributed by atoms with Crippen LogP contribution in [0.1, 0.15) is 5.56 Å². The van der Waals surface area contributed by atoms with Crippen molar-refractivity contribution in [1.82, 2.24) is 4.90 Å². The van der Waals surface area contributed by atoms with Gasteiger partial charge in [-0.1, -0.05) is 41.9 Å². The van der Waals surface area contributed by atoms with Crippen LogP contribution in [0.25, 0.3) is 0 Å². The van der Waals surface area contributed by atoms with Gasteiger partial charge in [-0.3, -0.25) is 4.90 Å². The molecule has 0 unspecified atom stereocenters. The molecule has 3 rings (SSSR count). The van der Waals surface area contributed by atoms with E-state index in [0.717, 1.165) is 42.5 Å². The molecule has 0 aromatic heterocycles. The van der Waals surface area contributed by atoms with Crippen LogP contribution in [0.3, 0.4) is 0 Å². The molecule has 1 aliphatic heterocycles. The average molecular weight is 305 g/mol. The highest BCUT2D eigenvalue weighted by molar-refractivity contribution is 6.33. The van der Waals surface area contributed by atoms with Crippen LogP contribution in [0.4, 0.5) is 10.1 Å². The molecule has 1 heterocycles. The minimum atomic E-state index is -0.119. The summed E-state index contributed by atoms with van der Waals surface area (Å²) < 4.78 is 13.7. The Morgan fingerprint density at radius 2 is 1.57 bits per heavy atom. The van der Waals surface area contributed by atoms with E-state index >= 15 is 0 Å². The lowest BCUT2D eigenvalue weighted by molar-refractivity contribution is 0.246. The summed E-state index contributed by atoms with van der Waals surface area (Å²) in [6, 6.07) is 14.9. The average Bonchev–Trinajstić information content (AvgIpc) is 2.51. The van der Waals surface area contributed by atoms with Crippen LogP contribution in [0.5, 0.6) is 0 Å².